The zero-order valence-electron chi connectivity index (χ0n) is 12.8. The summed E-state index contributed by atoms with van der Waals surface area (Å²) in [6, 6.07) is 7.46. The second-order valence-electron chi connectivity index (χ2n) is 5.31. The van der Waals surface area contributed by atoms with Crippen LogP contribution in [-0.2, 0) is 13.1 Å². The predicted molar refractivity (Wildman–Crippen MR) is 82.7 cm³/mol. The maximum atomic E-state index is 13.6. The lowest BCUT2D eigenvalue weighted by Crippen LogP contribution is -2.38. The van der Waals surface area contributed by atoms with Crippen LogP contribution in [0.15, 0.2) is 36.7 Å². The summed E-state index contributed by atoms with van der Waals surface area (Å²) in [6.45, 7) is 3.21. The van der Waals surface area contributed by atoms with Crippen molar-refractivity contribution in [3.8, 4) is 6.07 Å². The van der Waals surface area contributed by atoms with Crippen LogP contribution >= 0.6 is 0 Å². The Bertz CT molecular complexity index is 693. The smallest absolute Gasteiger partial charge is 0.315 e. The van der Waals surface area contributed by atoms with Crippen molar-refractivity contribution < 1.29 is 9.18 Å². The first-order chi connectivity index (χ1) is 11.1. The summed E-state index contributed by atoms with van der Waals surface area (Å²) >= 11 is 0. The summed E-state index contributed by atoms with van der Waals surface area (Å²) < 4.78 is 15.4. The molecule has 1 unspecified atom stereocenters. The van der Waals surface area contributed by atoms with Crippen molar-refractivity contribution in [1.29, 1.82) is 5.26 Å². The van der Waals surface area contributed by atoms with Crippen molar-refractivity contribution >= 4 is 6.03 Å². The van der Waals surface area contributed by atoms with Gasteiger partial charge in [-0.05, 0) is 30.2 Å². The van der Waals surface area contributed by atoms with Crippen LogP contribution in [0.1, 0.15) is 18.1 Å². The molecular formula is C16H18FN5O. The van der Waals surface area contributed by atoms with Crippen LogP contribution in [0.2, 0.25) is 0 Å². The molecule has 0 fully saturated rings. The fourth-order valence-electron chi connectivity index (χ4n) is 2.08. The molecule has 0 aliphatic rings. The third-order valence-corrected chi connectivity index (χ3v) is 3.28. The molecule has 120 valence electrons. The van der Waals surface area contributed by atoms with Gasteiger partial charge in [0, 0.05) is 37.6 Å². The second-order valence-corrected chi connectivity index (χ2v) is 5.31. The first-order valence-electron chi connectivity index (χ1n) is 7.26. The lowest BCUT2D eigenvalue weighted by atomic mass is 10.1. The molecule has 0 radical (unpaired) electrons. The van der Waals surface area contributed by atoms with Gasteiger partial charge in [-0.25, -0.2) is 9.18 Å². The van der Waals surface area contributed by atoms with Gasteiger partial charge in [0.15, 0.2) is 0 Å². The van der Waals surface area contributed by atoms with Crippen molar-refractivity contribution in [1.82, 2.24) is 20.4 Å². The molecule has 0 aliphatic carbocycles. The van der Waals surface area contributed by atoms with Gasteiger partial charge in [-0.3, -0.25) is 4.68 Å². The zero-order valence-corrected chi connectivity index (χ0v) is 12.8. The lowest BCUT2D eigenvalue weighted by Gasteiger charge is -2.13. The van der Waals surface area contributed by atoms with E-state index >= 15 is 0 Å². The largest absolute Gasteiger partial charge is 0.338 e. The van der Waals surface area contributed by atoms with Crippen molar-refractivity contribution in [3.63, 3.8) is 0 Å². The van der Waals surface area contributed by atoms with Crippen molar-refractivity contribution in [2.75, 3.05) is 6.54 Å². The third-order valence-electron chi connectivity index (χ3n) is 3.28. The number of carbonyl (C=O) groups is 1. The Labute approximate surface area is 133 Å². The van der Waals surface area contributed by atoms with E-state index in [0.29, 0.717) is 18.7 Å². The van der Waals surface area contributed by atoms with Crippen LogP contribution in [0.25, 0.3) is 0 Å². The van der Waals surface area contributed by atoms with E-state index in [4.69, 9.17) is 5.26 Å². The molecule has 2 N–H and O–H groups in total. The van der Waals surface area contributed by atoms with Crippen LogP contribution in [-0.4, -0.2) is 22.4 Å². The standard InChI is InChI=1S/C16H18FN5O/c1-12(11-22-6-2-5-21-22)9-19-16(23)20-10-14-7-13(8-18)3-4-15(14)17/h2-7,12H,9-11H2,1H3,(H2,19,20,23). The molecule has 0 aliphatic heterocycles. The van der Waals surface area contributed by atoms with E-state index in [-0.39, 0.29) is 24.1 Å². The number of carbonyl (C=O) groups excluding carboxylic acids is 1. The van der Waals surface area contributed by atoms with Crippen LogP contribution in [0, 0.1) is 23.1 Å². The molecule has 6 nitrogen and oxygen atoms in total. The predicted octanol–water partition coefficient (Wildman–Crippen LogP) is 2.03. The second kappa shape index (κ2) is 7.94. The molecule has 0 spiro atoms. The van der Waals surface area contributed by atoms with Crippen LogP contribution in [0.5, 0.6) is 0 Å². The Balaban J connectivity index is 1.76. The Morgan fingerprint density at radius 2 is 2.30 bits per heavy atom. The summed E-state index contributed by atoms with van der Waals surface area (Å²) in [5.41, 5.74) is 0.639. The fourth-order valence-corrected chi connectivity index (χ4v) is 2.08. The average Bonchev–Trinajstić information content (AvgIpc) is 3.05. The maximum Gasteiger partial charge on any atom is 0.315 e. The lowest BCUT2D eigenvalue weighted by molar-refractivity contribution is 0.238. The van der Waals surface area contributed by atoms with Gasteiger partial charge < -0.3 is 10.6 Å². The van der Waals surface area contributed by atoms with E-state index in [1.807, 2.05) is 25.3 Å². The highest BCUT2D eigenvalue weighted by Gasteiger charge is 2.08. The van der Waals surface area contributed by atoms with E-state index in [1.165, 1.54) is 18.2 Å². The van der Waals surface area contributed by atoms with Gasteiger partial charge in [0.25, 0.3) is 0 Å². The molecular weight excluding hydrogens is 297 g/mol. The molecule has 1 aromatic carbocycles. The first kappa shape index (κ1) is 16.5. The van der Waals surface area contributed by atoms with Gasteiger partial charge >= 0.3 is 6.03 Å². The summed E-state index contributed by atoms with van der Waals surface area (Å²) in [7, 11) is 0. The highest BCUT2D eigenvalue weighted by Crippen LogP contribution is 2.09. The Morgan fingerprint density at radius 1 is 1.48 bits per heavy atom. The van der Waals surface area contributed by atoms with Crippen molar-refractivity contribution in [2.45, 2.75) is 20.0 Å². The normalized spacial score (nSPS) is 11.5. The number of nitrogens with zero attached hydrogens (tertiary/aromatic N) is 3. The summed E-state index contributed by atoms with van der Waals surface area (Å²) in [5.74, 6) is -0.240. The van der Waals surface area contributed by atoms with Gasteiger partial charge in [-0.15, -0.1) is 0 Å². The molecule has 0 saturated carbocycles. The van der Waals surface area contributed by atoms with Crippen LogP contribution in [0.4, 0.5) is 9.18 Å². The van der Waals surface area contributed by atoms with E-state index in [9.17, 15) is 9.18 Å². The van der Waals surface area contributed by atoms with Gasteiger partial charge in [0.2, 0.25) is 0 Å². The van der Waals surface area contributed by atoms with Crippen LogP contribution in [0.3, 0.4) is 0 Å². The molecule has 2 aromatic rings. The third kappa shape index (κ3) is 5.11. The van der Waals surface area contributed by atoms with E-state index in [0.717, 1.165) is 0 Å². The molecule has 1 aromatic heterocycles. The van der Waals surface area contributed by atoms with Crippen molar-refractivity contribution in [3.05, 3.63) is 53.6 Å². The molecule has 1 heterocycles. The summed E-state index contributed by atoms with van der Waals surface area (Å²) in [4.78, 5) is 11.8. The van der Waals surface area contributed by atoms with Crippen molar-refractivity contribution in [2.24, 2.45) is 5.92 Å². The first-order valence-corrected chi connectivity index (χ1v) is 7.26. The molecule has 2 rings (SSSR count). The van der Waals surface area contributed by atoms with Gasteiger partial charge in [0.1, 0.15) is 5.82 Å². The molecule has 0 saturated heterocycles. The summed E-state index contributed by atoms with van der Waals surface area (Å²) in [5, 5.41) is 18.2. The number of amides is 2. The SMILES string of the molecule is CC(CNC(=O)NCc1cc(C#N)ccc1F)Cn1cccn1. The number of nitriles is 1. The number of rotatable bonds is 6. The molecule has 1 atom stereocenters. The van der Waals surface area contributed by atoms with Crippen LogP contribution < -0.4 is 10.6 Å². The molecule has 23 heavy (non-hydrogen) atoms. The Kier molecular flexibility index (Phi) is 5.69. The number of benzene rings is 1. The number of hydrogen-bond donors (Lipinski definition) is 2. The van der Waals surface area contributed by atoms with E-state index < -0.39 is 5.82 Å². The zero-order chi connectivity index (χ0) is 16.7. The number of urea groups is 1. The topological polar surface area (TPSA) is 82.7 Å². The minimum atomic E-state index is -0.448. The van der Waals surface area contributed by atoms with Gasteiger partial charge in [-0.2, -0.15) is 10.4 Å². The monoisotopic (exact) mass is 315 g/mol. The number of hydrogen-bond acceptors (Lipinski definition) is 3. The average molecular weight is 315 g/mol. The highest BCUT2D eigenvalue weighted by molar-refractivity contribution is 5.73. The Morgan fingerprint density at radius 3 is 3.00 bits per heavy atom. The molecule has 2 amide bonds. The van der Waals surface area contributed by atoms with Gasteiger partial charge in [0.05, 0.1) is 11.6 Å². The minimum absolute atomic E-state index is 0.0285. The van der Waals surface area contributed by atoms with E-state index in [1.54, 1.807) is 10.9 Å². The minimum Gasteiger partial charge on any atom is -0.338 e. The molecule has 0 bridgehead atoms. The highest BCUT2D eigenvalue weighted by atomic mass is 19.1. The molecule has 7 heteroatoms. The maximum absolute atomic E-state index is 13.6. The number of aromatic nitrogens is 2. The number of halogens is 1. The Hall–Kier alpha value is -2.88. The number of nitrogens with one attached hydrogen (secondary N) is 2. The quantitative estimate of drug-likeness (QED) is 0.855. The van der Waals surface area contributed by atoms with E-state index in [2.05, 4.69) is 15.7 Å². The van der Waals surface area contributed by atoms with Gasteiger partial charge in [-0.1, -0.05) is 6.92 Å². The summed E-state index contributed by atoms with van der Waals surface area (Å²) in [6.07, 6.45) is 3.57. The fraction of sp³-hybridized carbons (Fsp3) is 0.312.